The third kappa shape index (κ3) is 4.10. The van der Waals surface area contributed by atoms with Crippen molar-refractivity contribution >= 4 is 39.4 Å². The molecule has 0 unspecified atom stereocenters. The van der Waals surface area contributed by atoms with Crippen molar-refractivity contribution < 1.29 is 13.2 Å². The molecule has 0 aliphatic heterocycles. The van der Waals surface area contributed by atoms with Gasteiger partial charge in [-0.3, -0.25) is 9.97 Å². The first-order chi connectivity index (χ1) is 16.3. The number of hydrogen-bond donors (Lipinski definition) is 1. The van der Waals surface area contributed by atoms with Crippen LogP contribution in [0.25, 0.3) is 33.2 Å². The van der Waals surface area contributed by atoms with Crippen molar-refractivity contribution in [2.24, 2.45) is 0 Å². The number of benzene rings is 1. The van der Waals surface area contributed by atoms with Crippen molar-refractivity contribution in [2.45, 2.75) is 19.1 Å². The van der Waals surface area contributed by atoms with E-state index in [0.717, 1.165) is 0 Å². The summed E-state index contributed by atoms with van der Waals surface area (Å²) in [7, 11) is 0. The molecule has 1 atom stereocenters. The Morgan fingerprint density at radius 3 is 2.50 bits per heavy atom. The summed E-state index contributed by atoms with van der Waals surface area (Å²) in [6.45, 7) is 1.73. The molecule has 1 aromatic carbocycles. The van der Waals surface area contributed by atoms with Gasteiger partial charge in [-0.05, 0) is 55.5 Å². The maximum absolute atomic E-state index is 14.6. The van der Waals surface area contributed by atoms with Gasteiger partial charge in [-0.15, -0.1) is 0 Å². The Balaban J connectivity index is 1.76. The lowest BCUT2D eigenvalue weighted by molar-refractivity contribution is -0.143. The first kappa shape index (κ1) is 22.0. The fourth-order valence-corrected chi connectivity index (χ4v) is 3.99. The van der Waals surface area contributed by atoms with E-state index in [9.17, 15) is 13.2 Å². The monoisotopic (exact) mass is 480 g/mol. The van der Waals surface area contributed by atoms with Gasteiger partial charge in [-0.1, -0.05) is 11.6 Å². The van der Waals surface area contributed by atoms with E-state index in [0.29, 0.717) is 32.7 Å². The van der Waals surface area contributed by atoms with Gasteiger partial charge in [0.2, 0.25) is 0 Å². The Morgan fingerprint density at radius 2 is 1.71 bits per heavy atom. The van der Waals surface area contributed by atoms with E-state index in [1.165, 1.54) is 18.6 Å². The summed E-state index contributed by atoms with van der Waals surface area (Å²) in [5.41, 5.74) is 2.31. The lowest BCUT2D eigenvalue weighted by Gasteiger charge is -2.25. The van der Waals surface area contributed by atoms with Crippen LogP contribution in [0.15, 0.2) is 67.3 Å². The molecule has 4 heterocycles. The van der Waals surface area contributed by atoms with E-state index in [1.54, 1.807) is 55.6 Å². The molecule has 0 saturated carbocycles. The molecular weight excluding hydrogens is 465 g/mol. The summed E-state index contributed by atoms with van der Waals surface area (Å²) in [6, 6.07) is 10.9. The molecule has 0 fully saturated rings. The minimum absolute atomic E-state index is 0.0343. The smallest absolute Gasteiger partial charge is 0.353 e. The molecule has 0 aliphatic carbocycles. The van der Waals surface area contributed by atoms with Crippen LogP contribution in [-0.4, -0.2) is 31.1 Å². The standard InChI is InChI=1S/C24H16ClF3N6/c1-13-16(4-2-8-29-13)20-17(11-14-10-15(25)6-7-18(14)33-20)22(24(26,27)28)34-23-21-19(31-12-32-23)5-3-9-30-21/h2-12,22H,1H3,(H,31,32,34)/t22-/m1/s1. The lowest BCUT2D eigenvalue weighted by atomic mass is 9.96. The summed E-state index contributed by atoms with van der Waals surface area (Å²) >= 11 is 6.12. The molecule has 0 radical (unpaired) electrons. The predicted octanol–water partition coefficient (Wildman–Crippen LogP) is 6.31. The molecule has 4 aromatic heterocycles. The second-order valence-electron chi connectivity index (χ2n) is 7.61. The van der Waals surface area contributed by atoms with Gasteiger partial charge in [-0.25, -0.2) is 15.0 Å². The van der Waals surface area contributed by atoms with Gasteiger partial charge < -0.3 is 5.32 Å². The van der Waals surface area contributed by atoms with Crippen molar-refractivity contribution in [1.29, 1.82) is 0 Å². The minimum atomic E-state index is -4.69. The summed E-state index contributed by atoms with van der Waals surface area (Å²) in [5, 5.41) is 3.43. The van der Waals surface area contributed by atoms with Crippen LogP contribution in [0.2, 0.25) is 5.02 Å². The van der Waals surface area contributed by atoms with Crippen LogP contribution in [0.4, 0.5) is 19.0 Å². The van der Waals surface area contributed by atoms with Gasteiger partial charge in [-0.2, -0.15) is 13.2 Å². The quantitative estimate of drug-likeness (QED) is 0.325. The molecule has 0 amide bonds. The zero-order valence-electron chi connectivity index (χ0n) is 17.7. The van der Waals surface area contributed by atoms with Crippen LogP contribution >= 0.6 is 11.6 Å². The summed E-state index contributed by atoms with van der Waals surface area (Å²) in [6.07, 6.45) is -0.434. The fourth-order valence-electron chi connectivity index (χ4n) is 3.81. The predicted molar refractivity (Wildman–Crippen MR) is 124 cm³/mol. The first-order valence-electron chi connectivity index (χ1n) is 10.2. The third-order valence-electron chi connectivity index (χ3n) is 5.38. The van der Waals surface area contributed by atoms with Gasteiger partial charge in [0.25, 0.3) is 0 Å². The van der Waals surface area contributed by atoms with Crippen molar-refractivity contribution in [3.63, 3.8) is 0 Å². The molecule has 0 saturated heterocycles. The number of aryl methyl sites for hydroxylation is 1. The number of anilines is 1. The molecule has 170 valence electrons. The summed E-state index contributed by atoms with van der Waals surface area (Å²) in [4.78, 5) is 21.1. The molecule has 6 nitrogen and oxygen atoms in total. The summed E-state index contributed by atoms with van der Waals surface area (Å²) < 4.78 is 43.7. The number of aromatic nitrogens is 5. The number of nitrogens with one attached hydrogen (secondary N) is 1. The van der Waals surface area contributed by atoms with Crippen LogP contribution in [0, 0.1) is 6.92 Å². The Kier molecular flexibility index (Phi) is 5.49. The first-order valence-corrected chi connectivity index (χ1v) is 10.6. The fraction of sp³-hybridized carbons (Fsp3) is 0.125. The van der Waals surface area contributed by atoms with Crippen LogP contribution in [0.1, 0.15) is 17.3 Å². The second-order valence-corrected chi connectivity index (χ2v) is 8.05. The number of fused-ring (bicyclic) bond motifs is 2. The normalized spacial score (nSPS) is 12.7. The average molecular weight is 481 g/mol. The highest BCUT2D eigenvalue weighted by Gasteiger charge is 2.43. The number of halogens is 4. The highest BCUT2D eigenvalue weighted by molar-refractivity contribution is 6.31. The van der Waals surface area contributed by atoms with Crippen molar-refractivity contribution in [3.8, 4) is 11.3 Å². The van der Waals surface area contributed by atoms with Crippen molar-refractivity contribution in [3.05, 3.63) is 83.5 Å². The SMILES string of the molecule is Cc1ncccc1-c1nc2ccc(Cl)cc2cc1[C@@H](Nc1ncnc2cccnc12)C(F)(F)F. The number of pyridine rings is 3. The number of hydrogen-bond acceptors (Lipinski definition) is 6. The molecule has 0 bridgehead atoms. The van der Waals surface area contributed by atoms with Gasteiger partial charge in [0, 0.05) is 39.6 Å². The van der Waals surface area contributed by atoms with E-state index < -0.39 is 12.2 Å². The van der Waals surface area contributed by atoms with Crippen molar-refractivity contribution in [2.75, 3.05) is 5.32 Å². The minimum Gasteiger partial charge on any atom is -0.353 e. The second kappa shape index (κ2) is 8.49. The highest BCUT2D eigenvalue weighted by atomic mass is 35.5. The Labute approximate surface area is 196 Å². The molecule has 1 N–H and O–H groups in total. The van der Waals surface area contributed by atoms with Crippen LogP contribution in [0.3, 0.4) is 0 Å². The zero-order chi connectivity index (χ0) is 23.9. The highest BCUT2D eigenvalue weighted by Crippen LogP contribution is 2.41. The van der Waals surface area contributed by atoms with Crippen LogP contribution < -0.4 is 5.32 Å². The zero-order valence-corrected chi connectivity index (χ0v) is 18.4. The van der Waals surface area contributed by atoms with Gasteiger partial charge in [0.1, 0.15) is 11.8 Å². The largest absolute Gasteiger partial charge is 0.412 e. The van der Waals surface area contributed by atoms with E-state index in [1.807, 2.05) is 0 Å². The van der Waals surface area contributed by atoms with E-state index in [4.69, 9.17) is 11.6 Å². The maximum Gasteiger partial charge on any atom is 0.412 e. The lowest BCUT2D eigenvalue weighted by Crippen LogP contribution is -2.29. The molecular formula is C24H16ClF3N6. The molecule has 5 rings (SSSR count). The molecule has 10 heteroatoms. The van der Waals surface area contributed by atoms with Gasteiger partial charge in [0.05, 0.1) is 16.7 Å². The molecule has 34 heavy (non-hydrogen) atoms. The van der Waals surface area contributed by atoms with Crippen molar-refractivity contribution in [1.82, 2.24) is 24.9 Å². The van der Waals surface area contributed by atoms with Crippen LogP contribution in [-0.2, 0) is 0 Å². The Hall–Kier alpha value is -3.85. The van der Waals surface area contributed by atoms with E-state index in [2.05, 4.69) is 30.2 Å². The Bertz CT molecular complexity index is 1520. The van der Waals surface area contributed by atoms with E-state index in [-0.39, 0.29) is 22.6 Å². The molecule has 0 spiro atoms. The number of nitrogens with zero attached hydrogens (tertiary/aromatic N) is 5. The van der Waals surface area contributed by atoms with Crippen LogP contribution in [0.5, 0.6) is 0 Å². The molecule has 5 aromatic rings. The topological polar surface area (TPSA) is 76.5 Å². The number of alkyl halides is 3. The van der Waals surface area contributed by atoms with Gasteiger partial charge >= 0.3 is 6.18 Å². The van der Waals surface area contributed by atoms with Gasteiger partial charge in [0.15, 0.2) is 11.9 Å². The number of rotatable bonds is 4. The average Bonchev–Trinajstić information content (AvgIpc) is 2.81. The van der Waals surface area contributed by atoms with E-state index >= 15 is 0 Å². The molecule has 0 aliphatic rings. The maximum atomic E-state index is 14.6. The third-order valence-corrected chi connectivity index (χ3v) is 5.62. The summed E-state index contributed by atoms with van der Waals surface area (Å²) in [5.74, 6) is -0.0343. The Morgan fingerprint density at radius 1 is 0.912 bits per heavy atom.